The summed E-state index contributed by atoms with van der Waals surface area (Å²) in [6.07, 6.45) is 11.9. The average Bonchev–Trinajstić information content (AvgIpc) is 2.30. The predicted molar refractivity (Wildman–Crippen MR) is 75.5 cm³/mol. The summed E-state index contributed by atoms with van der Waals surface area (Å²) in [7, 11) is 0. The lowest BCUT2D eigenvalue weighted by Crippen LogP contribution is -1.92. The third-order valence-electron chi connectivity index (χ3n) is 1.17. The van der Waals surface area contributed by atoms with Gasteiger partial charge in [-0.3, -0.25) is 0 Å². The van der Waals surface area contributed by atoms with Gasteiger partial charge in [-0.05, 0) is 23.6 Å². The van der Waals surface area contributed by atoms with Gasteiger partial charge in [0.25, 0.3) is 0 Å². The second kappa shape index (κ2) is 11.3. The summed E-state index contributed by atoms with van der Waals surface area (Å²) in [5, 5.41) is 9.35. The van der Waals surface area contributed by atoms with Gasteiger partial charge in [0.15, 0.2) is 0 Å². The first kappa shape index (κ1) is 14.2. The van der Waals surface area contributed by atoms with E-state index < -0.39 is 0 Å². The van der Waals surface area contributed by atoms with Gasteiger partial charge < -0.3 is 0 Å². The largest absolute Gasteiger partial charge is 0.198 e. The van der Waals surface area contributed by atoms with Crippen LogP contribution in [0.1, 0.15) is 0 Å². The molecule has 0 amide bonds. The maximum Gasteiger partial charge on any atom is 0.0494 e. The minimum absolute atomic E-state index is 0.933. The molecule has 0 heterocycles. The topological polar surface area (TPSA) is 36.8 Å². The molecule has 0 rings (SSSR count). The van der Waals surface area contributed by atoms with Crippen LogP contribution in [-0.2, 0) is 0 Å². The standard InChI is InChI=1S/C12H15N3S/c1-4-6-8-12(3)16-11-7-10-14-15-13-9-5-2/h4-11,15H,1-3H2/b8-6-,11-7+,13-9+,14-10+. The lowest BCUT2D eigenvalue weighted by Gasteiger charge is -1.90. The number of rotatable bonds is 8. The molecule has 16 heavy (non-hydrogen) atoms. The Kier molecular flexibility index (Phi) is 9.99. The van der Waals surface area contributed by atoms with Crippen LogP contribution in [0.25, 0.3) is 0 Å². The van der Waals surface area contributed by atoms with Gasteiger partial charge in [-0.2, -0.15) is 15.7 Å². The molecular formula is C12H15N3S. The van der Waals surface area contributed by atoms with Crippen LogP contribution < -0.4 is 5.53 Å². The number of allylic oxidation sites excluding steroid dienone is 5. The molecule has 0 aliphatic rings. The number of hydrogen-bond donors (Lipinski definition) is 1. The smallest absolute Gasteiger partial charge is 0.0494 e. The van der Waals surface area contributed by atoms with Crippen LogP contribution in [0.5, 0.6) is 0 Å². The summed E-state index contributed by atoms with van der Waals surface area (Å²) in [6, 6.07) is 0. The zero-order valence-corrected chi connectivity index (χ0v) is 9.86. The maximum absolute atomic E-state index is 3.83. The van der Waals surface area contributed by atoms with Crippen molar-refractivity contribution in [1.82, 2.24) is 5.53 Å². The summed E-state index contributed by atoms with van der Waals surface area (Å²) in [5.74, 6) is 0. The highest BCUT2D eigenvalue weighted by atomic mass is 32.2. The van der Waals surface area contributed by atoms with Gasteiger partial charge in [-0.15, -0.1) is 0 Å². The third kappa shape index (κ3) is 10.3. The minimum Gasteiger partial charge on any atom is -0.198 e. The molecule has 0 saturated heterocycles. The molecule has 0 atom stereocenters. The van der Waals surface area contributed by atoms with Gasteiger partial charge in [0, 0.05) is 17.3 Å². The molecule has 4 heteroatoms. The molecule has 0 aromatic heterocycles. The Bertz CT molecular complexity index is 338. The molecule has 0 spiro atoms. The predicted octanol–water partition coefficient (Wildman–Crippen LogP) is 3.24. The van der Waals surface area contributed by atoms with Crippen molar-refractivity contribution in [1.29, 1.82) is 0 Å². The fraction of sp³-hybridized carbons (Fsp3) is 0. The molecule has 84 valence electrons. The molecule has 0 radical (unpaired) electrons. The fourth-order valence-electron chi connectivity index (χ4n) is 0.572. The van der Waals surface area contributed by atoms with Crippen LogP contribution in [0, 0.1) is 0 Å². The van der Waals surface area contributed by atoms with E-state index in [4.69, 9.17) is 0 Å². The Balaban J connectivity index is 3.72. The molecule has 0 bridgehead atoms. The average molecular weight is 233 g/mol. The van der Waals surface area contributed by atoms with Crippen molar-refractivity contribution < 1.29 is 0 Å². The molecule has 0 aromatic rings. The number of hydrogen-bond acceptors (Lipinski definition) is 4. The molecule has 1 N–H and O–H groups in total. The van der Waals surface area contributed by atoms with E-state index in [0.29, 0.717) is 0 Å². The van der Waals surface area contributed by atoms with Crippen molar-refractivity contribution in [2.75, 3.05) is 0 Å². The Morgan fingerprint density at radius 2 is 1.81 bits per heavy atom. The van der Waals surface area contributed by atoms with E-state index in [9.17, 15) is 0 Å². The van der Waals surface area contributed by atoms with Crippen LogP contribution in [0.2, 0.25) is 0 Å². The van der Waals surface area contributed by atoms with E-state index >= 15 is 0 Å². The Morgan fingerprint density at radius 3 is 2.50 bits per heavy atom. The van der Waals surface area contributed by atoms with Crippen LogP contribution in [-0.4, -0.2) is 12.4 Å². The normalized spacial score (nSPS) is 11.8. The van der Waals surface area contributed by atoms with Crippen LogP contribution >= 0.6 is 11.8 Å². The number of nitrogens with one attached hydrogen (secondary N) is 1. The van der Waals surface area contributed by atoms with E-state index in [-0.39, 0.29) is 0 Å². The second-order valence-corrected chi connectivity index (χ2v) is 3.43. The molecule has 3 nitrogen and oxygen atoms in total. The molecule has 0 aromatic carbocycles. The van der Waals surface area contributed by atoms with E-state index in [1.165, 1.54) is 18.0 Å². The molecule has 0 saturated carbocycles. The summed E-state index contributed by atoms with van der Waals surface area (Å²) >= 11 is 1.50. The maximum atomic E-state index is 3.83. The van der Waals surface area contributed by atoms with E-state index in [2.05, 4.69) is 35.5 Å². The highest BCUT2D eigenvalue weighted by Gasteiger charge is 1.81. The zero-order valence-electron chi connectivity index (χ0n) is 9.04. The zero-order chi connectivity index (χ0) is 12.1. The van der Waals surface area contributed by atoms with Crippen molar-refractivity contribution in [2.45, 2.75) is 0 Å². The first-order chi connectivity index (χ1) is 7.81. The van der Waals surface area contributed by atoms with Gasteiger partial charge in [0.1, 0.15) is 0 Å². The number of nitrogens with zero attached hydrogens (tertiary/aromatic N) is 2. The van der Waals surface area contributed by atoms with Crippen molar-refractivity contribution >= 4 is 24.2 Å². The van der Waals surface area contributed by atoms with Crippen molar-refractivity contribution in [3.05, 3.63) is 60.4 Å². The first-order valence-electron chi connectivity index (χ1n) is 4.53. The van der Waals surface area contributed by atoms with Crippen LogP contribution in [0.3, 0.4) is 0 Å². The van der Waals surface area contributed by atoms with Gasteiger partial charge in [-0.25, -0.2) is 0 Å². The molecule has 0 unspecified atom stereocenters. The van der Waals surface area contributed by atoms with Gasteiger partial charge in [-0.1, -0.05) is 43.7 Å². The molecule has 0 aliphatic heterocycles. The molecular weight excluding hydrogens is 218 g/mol. The van der Waals surface area contributed by atoms with E-state index in [1.807, 2.05) is 17.6 Å². The number of hydrazone groups is 2. The van der Waals surface area contributed by atoms with E-state index in [0.717, 1.165) is 4.91 Å². The molecule has 0 aliphatic carbocycles. The van der Waals surface area contributed by atoms with Crippen molar-refractivity contribution in [3.63, 3.8) is 0 Å². The monoisotopic (exact) mass is 233 g/mol. The van der Waals surface area contributed by atoms with Crippen LogP contribution in [0.4, 0.5) is 0 Å². The highest BCUT2D eigenvalue weighted by Crippen LogP contribution is 2.15. The lowest BCUT2D eigenvalue weighted by atomic mass is 10.5. The highest BCUT2D eigenvalue weighted by molar-refractivity contribution is 8.06. The quantitative estimate of drug-likeness (QED) is 0.397. The summed E-state index contributed by atoms with van der Waals surface area (Å²) in [5.41, 5.74) is 2.47. The first-order valence-corrected chi connectivity index (χ1v) is 5.41. The third-order valence-corrected chi connectivity index (χ3v) is 1.90. The van der Waals surface area contributed by atoms with Gasteiger partial charge in [0.2, 0.25) is 0 Å². The number of thioether (sulfide) groups is 1. The summed E-state index contributed by atoms with van der Waals surface area (Å²) < 4.78 is 0. The van der Waals surface area contributed by atoms with Crippen molar-refractivity contribution in [3.8, 4) is 0 Å². The minimum atomic E-state index is 0.933. The Hall–Kier alpha value is -1.81. The van der Waals surface area contributed by atoms with Gasteiger partial charge in [0.05, 0.1) is 0 Å². The summed E-state index contributed by atoms with van der Waals surface area (Å²) in [6.45, 7) is 10.9. The summed E-state index contributed by atoms with van der Waals surface area (Å²) in [4.78, 5) is 0.933. The fourth-order valence-corrected chi connectivity index (χ4v) is 1.05. The molecule has 0 fully saturated rings. The van der Waals surface area contributed by atoms with Crippen LogP contribution in [0.15, 0.2) is 70.6 Å². The Morgan fingerprint density at radius 1 is 1.06 bits per heavy atom. The van der Waals surface area contributed by atoms with E-state index in [1.54, 1.807) is 24.4 Å². The van der Waals surface area contributed by atoms with Crippen molar-refractivity contribution in [2.24, 2.45) is 10.2 Å². The van der Waals surface area contributed by atoms with Gasteiger partial charge >= 0.3 is 0 Å². The Labute approximate surface area is 101 Å². The second-order valence-electron chi connectivity index (χ2n) is 2.40. The lowest BCUT2D eigenvalue weighted by molar-refractivity contribution is 0.820. The SMILES string of the molecule is C=C/C=C\C(=C)S/C=C/C=N/N/N=C/C=C.